The molecule has 4 heteroatoms. The van der Waals surface area contributed by atoms with Gasteiger partial charge in [0.15, 0.2) is 5.82 Å². The fourth-order valence-corrected chi connectivity index (χ4v) is 1.39. The third-order valence-electron chi connectivity index (χ3n) is 2.19. The highest BCUT2D eigenvalue weighted by atomic mass is 15.3. The van der Waals surface area contributed by atoms with E-state index in [-0.39, 0.29) is 0 Å². The Balaban J connectivity index is 2.21. The molecule has 4 nitrogen and oxygen atoms in total. The molecular weight excluding hydrogens is 188 g/mol. The summed E-state index contributed by atoms with van der Waals surface area (Å²) in [6.07, 6.45) is 1.86. The van der Waals surface area contributed by atoms with Gasteiger partial charge in [0.05, 0.1) is 6.20 Å². The van der Waals surface area contributed by atoms with Crippen molar-refractivity contribution in [2.75, 3.05) is 11.1 Å². The lowest BCUT2D eigenvalue weighted by Crippen LogP contribution is -1.94. The van der Waals surface area contributed by atoms with Gasteiger partial charge in [0, 0.05) is 12.7 Å². The zero-order valence-electron chi connectivity index (χ0n) is 8.86. The van der Waals surface area contributed by atoms with Crippen molar-refractivity contribution in [2.45, 2.75) is 6.92 Å². The number of nitrogens with one attached hydrogen (secondary N) is 1. The third kappa shape index (κ3) is 2.10. The Hall–Kier alpha value is -1.97. The van der Waals surface area contributed by atoms with Crippen LogP contribution in [0.1, 0.15) is 5.56 Å². The summed E-state index contributed by atoms with van der Waals surface area (Å²) >= 11 is 0. The van der Waals surface area contributed by atoms with E-state index in [4.69, 9.17) is 5.73 Å². The van der Waals surface area contributed by atoms with Gasteiger partial charge in [-0.05, 0) is 19.1 Å². The highest BCUT2D eigenvalue weighted by molar-refractivity contribution is 5.68. The van der Waals surface area contributed by atoms with Crippen LogP contribution in [0.2, 0.25) is 0 Å². The van der Waals surface area contributed by atoms with Gasteiger partial charge >= 0.3 is 0 Å². The van der Waals surface area contributed by atoms with E-state index in [1.54, 1.807) is 4.68 Å². The summed E-state index contributed by atoms with van der Waals surface area (Å²) in [6, 6.07) is 8.13. The van der Waals surface area contributed by atoms with Gasteiger partial charge < -0.3 is 11.1 Å². The van der Waals surface area contributed by atoms with Crippen LogP contribution in [0.5, 0.6) is 0 Å². The molecule has 0 aliphatic heterocycles. The number of aromatic nitrogens is 2. The summed E-state index contributed by atoms with van der Waals surface area (Å²) in [5.74, 6) is 0.512. The first-order valence-electron chi connectivity index (χ1n) is 4.78. The van der Waals surface area contributed by atoms with Crippen LogP contribution in [0.15, 0.2) is 30.5 Å². The molecule has 3 N–H and O–H groups in total. The maximum atomic E-state index is 5.72. The Labute approximate surface area is 88.7 Å². The largest absolute Gasteiger partial charge is 0.380 e. The molecule has 0 unspecified atom stereocenters. The summed E-state index contributed by atoms with van der Waals surface area (Å²) in [5, 5.41) is 7.27. The number of anilines is 3. The fourth-order valence-electron chi connectivity index (χ4n) is 1.39. The summed E-state index contributed by atoms with van der Waals surface area (Å²) in [4.78, 5) is 0. The van der Waals surface area contributed by atoms with E-state index in [1.807, 2.05) is 25.4 Å². The van der Waals surface area contributed by atoms with Crippen LogP contribution in [-0.2, 0) is 7.05 Å². The van der Waals surface area contributed by atoms with E-state index in [2.05, 4.69) is 29.5 Å². The molecule has 0 atom stereocenters. The average molecular weight is 202 g/mol. The molecule has 2 aromatic rings. The van der Waals surface area contributed by atoms with Crippen molar-refractivity contribution in [3.63, 3.8) is 0 Å². The summed E-state index contributed by atoms with van der Waals surface area (Å²) in [5.41, 5.74) is 8.81. The number of hydrogen-bond donors (Lipinski definition) is 2. The number of nitrogens with two attached hydrogens (primary N) is 1. The van der Waals surface area contributed by atoms with E-state index in [0.29, 0.717) is 5.82 Å². The zero-order valence-corrected chi connectivity index (χ0v) is 8.86. The van der Waals surface area contributed by atoms with Gasteiger partial charge in [-0.1, -0.05) is 17.7 Å². The number of aryl methyl sites for hydroxylation is 2. The van der Waals surface area contributed by atoms with Crippen LogP contribution in [0.25, 0.3) is 0 Å². The maximum absolute atomic E-state index is 5.72. The summed E-state index contributed by atoms with van der Waals surface area (Å²) in [7, 11) is 1.84. The molecule has 1 heterocycles. The molecule has 0 saturated carbocycles. The number of nitrogens with zero attached hydrogens (tertiary/aromatic N) is 2. The van der Waals surface area contributed by atoms with Gasteiger partial charge in [0.25, 0.3) is 0 Å². The standard InChI is InChI=1S/C11H14N4/c1-8-3-5-9(6-4-8)13-10-7-15(2)14-11(10)12/h3-7,13H,1-2H3,(H2,12,14). The van der Waals surface area contributed by atoms with Crippen molar-refractivity contribution in [1.82, 2.24) is 9.78 Å². The van der Waals surface area contributed by atoms with Gasteiger partial charge in [-0.3, -0.25) is 4.68 Å². The zero-order chi connectivity index (χ0) is 10.8. The molecule has 0 saturated heterocycles. The Morgan fingerprint density at radius 3 is 2.47 bits per heavy atom. The normalized spacial score (nSPS) is 10.3. The average Bonchev–Trinajstić information content (AvgIpc) is 2.49. The molecular formula is C11H14N4. The molecule has 0 aliphatic carbocycles. The lowest BCUT2D eigenvalue weighted by Gasteiger charge is -2.04. The number of hydrogen-bond acceptors (Lipinski definition) is 3. The highest BCUT2D eigenvalue weighted by Gasteiger charge is 2.03. The second-order valence-electron chi connectivity index (χ2n) is 3.59. The fraction of sp³-hybridized carbons (Fsp3) is 0.182. The van der Waals surface area contributed by atoms with E-state index in [1.165, 1.54) is 5.56 Å². The van der Waals surface area contributed by atoms with Gasteiger partial charge in [-0.25, -0.2) is 0 Å². The van der Waals surface area contributed by atoms with E-state index >= 15 is 0 Å². The van der Waals surface area contributed by atoms with Crippen LogP contribution in [0.3, 0.4) is 0 Å². The molecule has 0 spiro atoms. The summed E-state index contributed by atoms with van der Waals surface area (Å²) < 4.78 is 1.69. The minimum atomic E-state index is 0.512. The predicted octanol–water partition coefficient (Wildman–Crippen LogP) is 2.05. The van der Waals surface area contributed by atoms with Crippen LogP contribution in [0.4, 0.5) is 17.2 Å². The lowest BCUT2D eigenvalue weighted by molar-refractivity contribution is 0.772. The second-order valence-corrected chi connectivity index (χ2v) is 3.59. The first-order valence-corrected chi connectivity index (χ1v) is 4.78. The van der Waals surface area contributed by atoms with E-state index in [9.17, 15) is 0 Å². The molecule has 1 aromatic carbocycles. The topological polar surface area (TPSA) is 55.9 Å². The van der Waals surface area contributed by atoms with Crippen LogP contribution in [0, 0.1) is 6.92 Å². The quantitative estimate of drug-likeness (QED) is 0.783. The summed E-state index contributed by atoms with van der Waals surface area (Å²) in [6.45, 7) is 2.06. The van der Waals surface area contributed by atoms with Crippen molar-refractivity contribution in [3.05, 3.63) is 36.0 Å². The molecule has 78 valence electrons. The predicted molar refractivity (Wildman–Crippen MR) is 62.1 cm³/mol. The van der Waals surface area contributed by atoms with Crippen LogP contribution in [-0.4, -0.2) is 9.78 Å². The molecule has 0 bridgehead atoms. The molecule has 0 aliphatic rings. The molecule has 0 amide bonds. The Kier molecular flexibility index (Phi) is 2.33. The number of nitrogen functional groups attached to an aromatic ring is 1. The maximum Gasteiger partial charge on any atom is 0.169 e. The molecule has 0 fully saturated rings. The first kappa shape index (κ1) is 9.58. The molecule has 15 heavy (non-hydrogen) atoms. The van der Waals surface area contributed by atoms with Gasteiger partial charge in [0.2, 0.25) is 0 Å². The lowest BCUT2D eigenvalue weighted by atomic mass is 10.2. The minimum absolute atomic E-state index is 0.512. The van der Waals surface area contributed by atoms with Crippen molar-refractivity contribution in [1.29, 1.82) is 0 Å². The SMILES string of the molecule is Cc1ccc(Nc2cn(C)nc2N)cc1. The number of rotatable bonds is 2. The van der Waals surface area contributed by atoms with Crippen molar-refractivity contribution in [2.24, 2.45) is 7.05 Å². The number of benzene rings is 1. The van der Waals surface area contributed by atoms with E-state index < -0.39 is 0 Å². The molecule has 0 radical (unpaired) electrons. The van der Waals surface area contributed by atoms with Gasteiger partial charge in [-0.2, -0.15) is 5.10 Å². The van der Waals surface area contributed by atoms with Gasteiger partial charge in [-0.15, -0.1) is 0 Å². The molecule has 2 rings (SSSR count). The Bertz CT molecular complexity index is 456. The van der Waals surface area contributed by atoms with Crippen LogP contribution >= 0.6 is 0 Å². The third-order valence-corrected chi connectivity index (χ3v) is 2.19. The first-order chi connectivity index (χ1) is 7.15. The van der Waals surface area contributed by atoms with Gasteiger partial charge in [0.1, 0.15) is 5.69 Å². The minimum Gasteiger partial charge on any atom is -0.380 e. The highest BCUT2D eigenvalue weighted by Crippen LogP contribution is 2.21. The van der Waals surface area contributed by atoms with Crippen molar-refractivity contribution >= 4 is 17.2 Å². The van der Waals surface area contributed by atoms with Crippen molar-refractivity contribution < 1.29 is 0 Å². The Morgan fingerprint density at radius 2 is 1.93 bits per heavy atom. The molecule has 1 aromatic heterocycles. The van der Waals surface area contributed by atoms with Crippen molar-refractivity contribution in [3.8, 4) is 0 Å². The van der Waals surface area contributed by atoms with Crippen LogP contribution < -0.4 is 11.1 Å². The second kappa shape index (κ2) is 3.65. The monoisotopic (exact) mass is 202 g/mol. The Morgan fingerprint density at radius 1 is 1.27 bits per heavy atom. The smallest absolute Gasteiger partial charge is 0.169 e. The van der Waals surface area contributed by atoms with E-state index in [0.717, 1.165) is 11.4 Å².